The van der Waals surface area contributed by atoms with Crippen LogP contribution in [0.15, 0.2) is 47.4 Å². The number of ether oxygens (including phenoxy) is 2. The molecule has 0 aromatic heterocycles. The van der Waals surface area contributed by atoms with Crippen LogP contribution in [0.5, 0.6) is 11.5 Å². The molecule has 2 rings (SSSR count). The van der Waals surface area contributed by atoms with Crippen LogP contribution < -0.4 is 20.1 Å². The molecule has 0 spiro atoms. The number of hydrogen-bond donors (Lipinski definition) is 2. The number of nitrogens with zero attached hydrogens (tertiary/aromatic N) is 1. The lowest BCUT2D eigenvalue weighted by atomic mass is 10.2. The van der Waals surface area contributed by atoms with Crippen molar-refractivity contribution >= 4 is 21.8 Å². The van der Waals surface area contributed by atoms with Crippen molar-refractivity contribution in [2.24, 2.45) is 0 Å². The Hall–Kier alpha value is -3.11. The molecule has 0 atom stereocenters. The summed E-state index contributed by atoms with van der Waals surface area (Å²) < 4.78 is 36.1. The summed E-state index contributed by atoms with van der Waals surface area (Å²) in [5.41, 5.74) is 0.975. The van der Waals surface area contributed by atoms with E-state index < -0.39 is 15.9 Å². The first-order valence-corrected chi connectivity index (χ1v) is 10.4. The zero-order chi connectivity index (χ0) is 22.3. The van der Waals surface area contributed by atoms with Crippen molar-refractivity contribution in [1.82, 2.24) is 14.9 Å². The van der Waals surface area contributed by atoms with Crippen LogP contribution in [0.1, 0.15) is 15.9 Å². The normalized spacial score (nSPS) is 11.1. The topological polar surface area (TPSA) is 114 Å². The highest BCUT2D eigenvalue weighted by atomic mass is 32.2. The predicted octanol–water partition coefficient (Wildman–Crippen LogP) is 1.00. The quantitative estimate of drug-likeness (QED) is 0.607. The molecular weight excluding hydrogens is 410 g/mol. The summed E-state index contributed by atoms with van der Waals surface area (Å²) in [6.07, 6.45) is 0. The Morgan fingerprint density at radius 1 is 0.967 bits per heavy atom. The van der Waals surface area contributed by atoms with Crippen LogP contribution >= 0.6 is 0 Å². The summed E-state index contributed by atoms with van der Waals surface area (Å²) in [5.74, 6) is -0.119. The maximum atomic E-state index is 12.5. The van der Waals surface area contributed by atoms with Gasteiger partial charge in [0.05, 0.1) is 20.8 Å². The second-order valence-electron chi connectivity index (χ2n) is 6.46. The largest absolute Gasteiger partial charge is 0.497 e. The first-order chi connectivity index (χ1) is 14.2. The van der Waals surface area contributed by atoms with Gasteiger partial charge in [0.15, 0.2) is 0 Å². The molecule has 10 heteroatoms. The molecule has 0 saturated carbocycles. The van der Waals surface area contributed by atoms with E-state index in [9.17, 15) is 18.0 Å². The average Bonchev–Trinajstić information content (AvgIpc) is 2.75. The molecule has 0 unspecified atom stereocenters. The minimum Gasteiger partial charge on any atom is -0.497 e. The summed E-state index contributed by atoms with van der Waals surface area (Å²) in [4.78, 5) is 24.3. The van der Waals surface area contributed by atoms with Crippen molar-refractivity contribution in [3.05, 3.63) is 53.6 Å². The number of benzene rings is 2. The second kappa shape index (κ2) is 10.1. The van der Waals surface area contributed by atoms with Gasteiger partial charge in [0.25, 0.3) is 5.91 Å². The number of carbonyl (C=O) groups excluding carboxylic acids is 2. The molecule has 0 heterocycles. The summed E-state index contributed by atoms with van der Waals surface area (Å²) in [5, 5.41) is 5.17. The van der Waals surface area contributed by atoms with E-state index in [1.165, 1.54) is 39.4 Å². The number of hydrogen-bond acceptors (Lipinski definition) is 6. The first-order valence-electron chi connectivity index (χ1n) is 8.97. The van der Waals surface area contributed by atoms with Crippen LogP contribution in [0.2, 0.25) is 0 Å². The lowest BCUT2D eigenvalue weighted by Crippen LogP contribution is -2.36. The van der Waals surface area contributed by atoms with Gasteiger partial charge in [-0.3, -0.25) is 9.59 Å². The number of rotatable bonds is 9. The molecule has 0 aliphatic rings. The zero-order valence-corrected chi connectivity index (χ0v) is 18.1. The van der Waals surface area contributed by atoms with Crippen molar-refractivity contribution in [2.75, 3.05) is 34.9 Å². The standard InChI is InChI=1S/C20H25N3O6S/c1-23(2)30(26,27)18-11-15(7-10-17(18)29-4)20(25)22-13-19(24)21-12-14-5-8-16(28-3)9-6-14/h5-11H,12-13H2,1-4H3,(H,21,24)(H,22,25). The third-order valence-electron chi connectivity index (χ3n) is 4.24. The van der Waals surface area contributed by atoms with Crippen LogP contribution in [0.3, 0.4) is 0 Å². The van der Waals surface area contributed by atoms with Gasteiger partial charge < -0.3 is 20.1 Å². The van der Waals surface area contributed by atoms with Crippen LogP contribution in [0.25, 0.3) is 0 Å². The van der Waals surface area contributed by atoms with Crippen LogP contribution in [-0.2, 0) is 21.4 Å². The van der Waals surface area contributed by atoms with E-state index in [-0.39, 0.29) is 28.7 Å². The number of sulfonamides is 1. The summed E-state index contributed by atoms with van der Waals surface area (Å²) in [6.45, 7) is 0.0449. The third-order valence-corrected chi connectivity index (χ3v) is 6.08. The summed E-state index contributed by atoms with van der Waals surface area (Å²) in [6, 6.07) is 11.3. The Kier molecular flexibility index (Phi) is 7.79. The highest BCUT2D eigenvalue weighted by Gasteiger charge is 2.24. The molecule has 0 fully saturated rings. The smallest absolute Gasteiger partial charge is 0.251 e. The minimum absolute atomic E-state index is 0.0965. The Bertz CT molecular complexity index is 1000. The van der Waals surface area contributed by atoms with Gasteiger partial charge in [-0.25, -0.2) is 12.7 Å². The van der Waals surface area contributed by atoms with Gasteiger partial charge in [-0.15, -0.1) is 0 Å². The van der Waals surface area contributed by atoms with Crippen LogP contribution in [0, 0.1) is 0 Å². The van der Waals surface area contributed by atoms with E-state index in [0.29, 0.717) is 12.3 Å². The Morgan fingerprint density at radius 3 is 2.20 bits per heavy atom. The van der Waals surface area contributed by atoms with Gasteiger partial charge in [0.1, 0.15) is 16.4 Å². The van der Waals surface area contributed by atoms with Gasteiger partial charge in [-0.05, 0) is 35.9 Å². The lowest BCUT2D eigenvalue weighted by molar-refractivity contribution is -0.120. The molecule has 0 saturated heterocycles. The average molecular weight is 436 g/mol. The van der Waals surface area contributed by atoms with Gasteiger partial charge >= 0.3 is 0 Å². The lowest BCUT2D eigenvalue weighted by Gasteiger charge is -2.15. The molecular formula is C20H25N3O6S. The number of amides is 2. The molecule has 0 aliphatic carbocycles. The van der Waals surface area contributed by atoms with E-state index in [4.69, 9.17) is 9.47 Å². The molecule has 2 aromatic carbocycles. The van der Waals surface area contributed by atoms with E-state index in [0.717, 1.165) is 9.87 Å². The number of methoxy groups -OCH3 is 2. The summed E-state index contributed by atoms with van der Waals surface area (Å²) >= 11 is 0. The molecule has 0 aliphatic heterocycles. The first kappa shape index (κ1) is 23.2. The van der Waals surface area contributed by atoms with Gasteiger partial charge in [0.2, 0.25) is 15.9 Å². The zero-order valence-electron chi connectivity index (χ0n) is 17.3. The molecule has 162 valence electrons. The number of carbonyl (C=O) groups is 2. The Labute approximate surface area is 176 Å². The van der Waals surface area contributed by atoms with E-state index in [2.05, 4.69) is 10.6 Å². The molecule has 0 bridgehead atoms. The maximum absolute atomic E-state index is 12.5. The van der Waals surface area contributed by atoms with E-state index in [1.807, 2.05) is 12.1 Å². The predicted molar refractivity (Wildman–Crippen MR) is 111 cm³/mol. The summed E-state index contributed by atoms with van der Waals surface area (Å²) in [7, 11) is 1.87. The van der Waals surface area contributed by atoms with E-state index in [1.54, 1.807) is 19.2 Å². The highest BCUT2D eigenvalue weighted by Crippen LogP contribution is 2.26. The Morgan fingerprint density at radius 2 is 1.63 bits per heavy atom. The highest BCUT2D eigenvalue weighted by molar-refractivity contribution is 7.89. The fourth-order valence-corrected chi connectivity index (χ4v) is 3.56. The van der Waals surface area contributed by atoms with Crippen molar-refractivity contribution in [2.45, 2.75) is 11.4 Å². The molecule has 0 radical (unpaired) electrons. The van der Waals surface area contributed by atoms with Gasteiger partial charge in [-0.1, -0.05) is 12.1 Å². The molecule has 2 N–H and O–H groups in total. The fraction of sp³-hybridized carbons (Fsp3) is 0.300. The molecule has 2 aromatic rings. The fourth-order valence-electron chi connectivity index (χ4n) is 2.49. The molecule has 2 amide bonds. The van der Waals surface area contributed by atoms with Crippen molar-refractivity contribution in [1.29, 1.82) is 0 Å². The SMILES string of the molecule is COc1ccc(CNC(=O)CNC(=O)c2ccc(OC)c(S(=O)(=O)N(C)C)c2)cc1. The van der Waals surface area contributed by atoms with E-state index >= 15 is 0 Å². The minimum atomic E-state index is -3.81. The van der Waals surface area contributed by atoms with Crippen molar-refractivity contribution in [3.63, 3.8) is 0 Å². The molecule has 30 heavy (non-hydrogen) atoms. The molecule has 9 nitrogen and oxygen atoms in total. The van der Waals surface area contributed by atoms with Gasteiger partial charge in [-0.2, -0.15) is 0 Å². The number of nitrogens with one attached hydrogen (secondary N) is 2. The van der Waals surface area contributed by atoms with Crippen LogP contribution in [-0.4, -0.2) is 59.4 Å². The maximum Gasteiger partial charge on any atom is 0.251 e. The monoisotopic (exact) mass is 435 g/mol. The van der Waals surface area contributed by atoms with Crippen LogP contribution in [0.4, 0.5) is 0 Å². The third kappa shape index (κ3) is 5.71. The second-order valence-corrected chi connectivity index (χ2v) is 8.58. The van der Waals surface area contributed by atoms with Crippen molar-refractivity contribution in [3.8, 4) is 11.5 Å². The van der Waals surface area contributed by atoms with Crippen molar-refractivity contribution < 1.29 is 27.5 Å². The Balaban J connectivity index is 1.99. The van der Waals surface area contributed by atoms with Gasteiger partial charge in [0, 0.05) is 26.2 Å².